The molecule has 48 heteroatoms. The normalized spacial score (nSPS) is 13.2. The predicted octanol–water partition coefficient (Wildman–Crippen LogP) is 11.2. The number of aliphatic hydroxyl groups is 4. The van der Waals surface area contributed by atoms with E-state index in [0.717, 1.165) is 45.0 Å². The lowest BCUT2D eigenvalue weighted by Crippen LogP contribution is -2.29. The zero-order valence-electron chi connectivity index (χ0n) is 84.6. The van der Waals surface area contributed by atoms with Crippen molar-refractivity contribution in [1.82, 2.24) is 119 Å². The van der Waals surface area contributed by atoms with Crippen molar-refractivity contribution in [2.45, 2.75) is 152 Å². The molecule has 16 aromatic rings. The highest BCUT2D eigenvalue weighted by Crippen LogP contribution is 2.43. The Hall–Kier alpha value is -15.6. The molecule has 4 aromatic carbocycles. The molecule has 0 radical (unpaired) electrons. The van der Waals surface area contributed by atoms with Gasteiger partial charge in [0.15, 0.2) is 109 Å². The van der Waals surface area contributed by atoms with Crippen molar-refractivity contribution in [3.8, 4) is 115 Å². The maximum Gasteiger partial charge on any atom is 0.187 e. The van der Waals surface area contributed by atoms with E-state index in [2.05, 4.69) is 101 Å². The number of rotatable bonds is 36. The van der Waals surface area contributed by atoms with Gasteiger partial charge >= 0.3 is 0 Å². The van der Waals surface area contributed by atoms with Crippen molar-refractivity contribution in [3.63, 3.8) is 0 Å². The number of sulfone groups is 4. The monoisotopic (exact) mass is 2100 g/mol. The van der Waals surface area contributed by atoms with Gasteiger partial charge in [0.25, 0.3) is 0 Å². The Bertz CT molecular complexity index is 6840. The molecule has 0 saturated heterocycles. The lowest BCUT2D eigenvalue weighted by Gasteiger charge is -2.20. The fourth-order valence-electron chi connectivity index (χ4n) is 15.2. The summed E-state index contributed by atoms with van der Waals surface area (Å²) < 4.78 is 159. The van der Waals surface area contributed by atoms with Gasteiger partial charge in [-0.25, -0.2) is 93.5 Å². The smallest absolute Gasteiger partial charge is 0.187 e. The fourth-order valence-corrected chi connectivity index (χ4v) is 20.5. The van der Waals surface area contributed by atoms with Crippen LogP contribution in [0.4, 0.5) is 0 Å². The topological polar surface area (TPSA) is 569 Å². The molecule has 16 rings (SSSR count). The molecule has 0 fully saturated rings. The fraction of sp³-hybridized carbons (Fsp3) is 0.320. The van der Waals surface area contributed by atoms with Crippen LogP contribution in [0.25, 0.3) is 68.8 Å². The largest absolute Gasteiger partial charge is 0.494 e. The van der Waals surface area contributed by atoms with Crippen LogP contribution in [-0.2, 0) is 62.4 Å². The van der Waals surface area contributed by atoms with Crippen LogP contribution in [-0.4, -0.2) is 251 Å². The van der Waals surface area contributed by atoms with E-state index in [1.54, 1.807) is 143 Å². The van der Waals surface area contributed by atoms with Gasteiger partial charge in [0.05, 0.1) is 77.9 Å². The molecular weight excluding hydrogens is 1990 g/mol. The van der Waals surface area contributed by atoms with Crippen LogP contribution < -0.4 is 37.9 Å². The number of aromatic nitrogens is 24. The third-order valence-electron chi connectivity index (χ3n) is 23.5. The molecule has 4 N–H and O–H groups in total. The van der Waals surface area contributed by atoms with Gasteiger partial charge in [0.1, 0.15) is 139 Å². The average Bonchev–Trinajstić information content (AvgIpc) is 1.61. The van der Waals surface area contributed by atoms with Gasteiger partial charge in [-0.3, -0.25) is 18.3 Å². The summed E-state index contributed by atoms with van der Waals surface area (Å²) in [6.07, 6.45) is 6.48. The molecule has 0 unspecified atom stereocenters. The van der Waals surface area contributed by atoms with Gasteiger partial charge in [-0.2, -0.15) is 0 Å². The number of benzene rings is 4. The van der Waals surface area contributed by atoms with Crippen LogP contribution in [0.15, 0.2) is 195 Å². The van der Waals surface area contributed by atoms with Gasteiger partial charge < -0.3 is 58.3 Å². The highest BCUT2D eigenvalue weighted by Gasteiger charge is 2.41. The van der Waals surface area contributed by atoms with E-state index in [-0.39, 0.29) is 46.6 Å². The first kappa shape index (κ1) is 110. The van der Waals surface area contributed by atoms with Gasteiger partial charge in [-0.15, -0.1) is 40.8 Å². The third kappa shape index (κ3) is 24.9. The Kier molecular flexibility index (Phi) is 35.3. The minimum Gasteiger partial charge on any atom is -0.494 e. The first-order valence-electron chi connectivity index (χ1n) is 45.8. The number of methoxy groups -OCH3 is 8. The van der Waals surface area contributed by atoms with Gasteiger partial charge in [-0.05, 0) is 202 Å². The lowest BCUT2D eigenvalue weighted by atomic mass is 10.2. The van der Waals surface area contributed by atoms with E-state index in [0.29, 0.717) is 115 Å². The van der Waals surface area contributed by atoms with E-state index in [9.17, 15) is 54.1 Å². The second kappa shape index (κ2) is 47.7. The quantitative estimate of drug-likeness (QED) is 0.0283. The van der Waals surface area contributed by atoms with Crippen molar-refractivity contribution < 1.29 is 92.0 Å². The van der Waals surface area contributed by atoms with Crippen molar-refractivity contribution in [2.24, 2.45) is 0 Å². The van der Waals surface area contributed by atoms with Crippen molar-refractivity contribution in [1.29, 1.82) is 0 Å². The minimum absolute atomic E-state index is 0.0270. The first-order valence-corrected chi connectivity index (χ1v) is 52.6. The summed E-state index contributed by atoms with van der Waals surface area (Å²) in [5.41, 5.74) is 9.86. The van der Waals surface area contributed by atoms with Crippen LogP contribution in [0.1, 0.15) is 144 Å². The number of ether oxygens (including phenoxy) is 8. The average molecular weight is 2100 g/mol. The number of aliphatic hydroxyl groups excluding tert-OH is 4. The summed E-state index contributed by atoms with van der Waals surface area (Å²) in [6, 6.07) is 42.6. The Labute approximate surface area is 855 Å². The number of aryl methyl sites for hydroxylation is 8. The molecule has 0 aliphatic rings. The molecule has 12 aromatic heterocycles. The van der Waals surface area contributed by atoms with E-state index in [1.165, 1.54) is 134 Å². The number of para-hydroxylation sites is 4. The molecule has 0 amide bonds. The van der Waals surface area contributed by atoms with E-state index in [4.69, 9.17) is 37.9 Å². The van der Waals surface area contributed by atoms with Crippen LogP contribution in [0.2, 0.25) is 0 Å². The summed E-state index contributed by atoms with van der Waals surface area (Å²) >= 11 is 0. The number of hydrogen-bond acceptors (Lipinski definition) is 40. The van der Waals surface area contributed by atoms with Crippen LogP contribution in [0.5, 0.6) is 46.0 Å². The Balaban J connectivity index is 0.000000165. The minimum atomic E-state index is -3.97. The second-order valence-corrected chi connectivity index (χ2v) is 43.5. The molecule has 44 nitrogen and oxygen atoms in total. The van der Waals surface area contributed by atoms with E-state index < -0.39 is 108 Å². The number of pyridine rings is 4. The van der Waals surface area contributed by atoms with Gasteiger partial charge in [-0.1, -0.05) is 48.5 Å². The first-order chi connectivity index (χ1) is 70.6. The lowest BCUT2D eigenvalue weighted by molar-refractivity contribution is 0.165. The maximum absolute atomic E-state index is 13.5. The summed E-state index contributed by atoms with van der Waals surface area (Å²) in [6.45, 7) is 20.2. The molecule has 0 aliphatic heterocycles. The summed E-state index contributed by atoms with van der Waals surface area (Å²) in [5, 5.41) is 72.3. The van der Waals surface area contributed by atoms with Crippen molar-refractivity contribution >= 4 is 39.3 Å². The molecule has 776 valence electrons. The van der Waals surface area contributed by atoms with E-state index >= 15 is 0 Å². The Morgan fingerprint density at radius 2 is 0.399 bits per heavy atom. The molecule has 0 aliphatic carbocycles. The molecule has 12 heterocycles. The van der Waals surface area contributed by atoms with Gasteiger partial charge in [0, 0.05) is 72.4 Å². The summed E-state index contributed by atoms with van der Waals surface area (Å²) in [5.74, 6) is 3.03. The van der Waals surface area contributed by atoms with Crippen LogP contribution in [0.3, 0.4) is 0 Å². The van der Waals surface area contributed by atoms with Crippen molar-refractivity contribution in [3.05, 3.63) is 287 Å². The summed E-state index contributed by atoms with van der Waals surface area (Å²) in [7, 11) is -3.86. The van der Waals surface area contributed by atoms with E-state index in [1.807, 2.05) is 76.2 Å². The maximum atomic E-state index is 13.5. The molecular formula is C100H112N24O20S4. The zero-order valence-corrected chi connectivity index (χ0v) is 87.9. The predicted molar refractivity (Wildman–Crippen MR) is 545 cm³/mol. The highest BCUT2D eigenvalue weighted by atomic mass is 32.2. The zero-order chi connectivity index (χ0) is 107. The van der Waals surface area contributed by atoms with Crippen LogP contribution >= 0.6 is 0 Å². The second-order valence-electron chi connectivity index (χ2n) is 34.1. The molecule has 0 saturated carbocycles. The van der Waals surface area contributed by atoms with Crippen molar-refractivity contribution in [2.75, 3.05) is 56.9 Å². The Morgan fingerprint density at radius 1 is 0.243 bits per heavy atom. The third-order valence-corrected chi connectivity index (χ3v) is 31.7. The summed E-state index contributed by atoms with van der Waals surface area (Å²) in [4.78, 5) is 50.9. The molecule has 8 atom stereocenters. The molecule has 148 heavy (non-hydrogen) atoms. The number of nitrogens with zero attached hydrogens (tertiary/aromatic N) is 24. The molecule has 0 spiro atoms. The SMILES string of the molecule is COc1cccc(OC)c1-n1c(CS(=O)(=O)[C@@H](C)[C@@H](O)c2ncc(C)cn2)nnc1-c1cccc(C)n1.COc1cccc(OC)c1-n1c(CS(=O)(=O)[C@@H](C)[C@H](O)c2ncc(C)cn2)nnc1-c1cccc(C)n1.COc1cccc(OC)c1-n1c(CS(=O)(=O)[C@H](C)[C@@H](O)c2ncc(C)cn2)nnc1-c1cccc(C)n1.COc1cccc(OC)c1-n1c(CS(=O)(=O)[C@H](C)[C@H](O)c2ncc(C)cn2)nnc1-c1cccc(C)n1. The standard InChI is InChI=1S/4C25H28N6O5S/c4*1-15-12-26-24(27-13-15)23(32)17(3)37(33,34)14-21-29-30-25(18-9-6-8-16(2)28-18)31(21)22-19(35-4)10-7-11-20(22)36-5/h4*6-13,17,23,32H,14H2,1-5H3/t2*17-,23+;2*17-,23-/m1010/s1. The molecule has 0 bridgehead atoms. The van der Waals surface area contributed by atoms with Gasteiger partial charge in [0.2, 0.25) is 0 Å². The Morgan fingerprint density at radius 3 is 0.547 bits per heavy atom. The highest BCUT2D eigenvalue weighted by molar-refractivity contribution is 7.92. The van der Waals surface area contributed by atoms with Crippen LogP contribution in [0, 0.1) is 55.4 Å². The number of hydrogen-bond donors (Lipinski definition) is 4.